The molecule has 0 spiro atoms. The number of nitrogens with zero attached hydrogens (tertiary/aromatic N) is 5. The van der Waals surface area contributed by atoms with Crippen molar-refractivity contribution in [3.05, 3.63) is 65.2 Å². The Morgan fingerprint density at radius 2 is 2.07 bits per heavy atom. The predicted molar refractivity (Wildman–Crippen MR) is 107 cm³/mol. The number of tetrazole rings is 1. The summed E-state index contributed by atoms with van der Waals surface area (Å²) in [5.74, 6) is -0.683. The average Bonchev–Trinajstić information content (AvgIpc) is 3.30. The van der Waals surface area contributed by atoms with E-state index in [9.17, 15) is 18.8 Å². The van der Waals surface area contributed by atoms with Crippen LogP contribution in [0.15, 0.2) is 42.5 Å². The van der Waals surface area contributed by atoms with E-state index in [4.69, 9.17) is 0 Å². The summed E-state index contributed by atoms with van der Waals surface area (Å²) >= 11 is 0.959. The van der Waals surface area contributed by atoms with Gasteiger partial charge in [-0.1, -0.05) is 23.9 Å². The topological polar surface area (TPSA) is 110 Å². The summed E-state index contributed by atoms with van der Waals surface area (Å²) < 4.78 is 15.4. The minimum Gasteiger partial charge on any atom is -0.322 e. The Hall–Kier alpha value is -3.60. The van der Waals surface area contributed by atoms with Crippen molar-refractivity contribution >= 4 is 34.5 Å². The molecule has 1 N–H and O–H groups in total. The van der Waals surface area contributed by atoms with Crippen molar-refractivity contribution in [1.29, 1.82) is 0 Å². The van der Waals surface area contributed by atoms with Crippen molar-refractivity contribution in [3.8, 4) is 5.69 Å². The van der Waals surface area contributed by atoms with Gasteiger partial charge in [-0.25, -0.2) is 4.39 Å². The van der Waals surface area contributed by atoms with Crippen LogP contribution in [-0.2, 0) is 11.3 Å². The van der Waals surface area contributed by atoms with Gasteiger partial charge in [0.2, 0.25) is 5.91 Å². The fraction of sp³-hybridized carbons (Fsp3) is 0.158. The van der Waals surface area contributed by atoms with Crippen LogP contribution < -0.4 is 5.32 Å². The zero-order valence-electron chi connectivity index (χ0n) is 15.7. The van der Waals surface area contributed by atoms with Crippen LogP contribution in [-0.4, -0.2) is 47.9 Å². The minimum atomic E-state index is -0.539. The molecule has 1 aliphatic rings. The average molecular weight is 426 g/mol. The summed E-state index contributed by atoms with van der Waals surface area (Å²) in [6.07, 6.45) is 0. The second kappa shape index (κ2) is 8.03. The third kappa shape index (κ3) is 3.92. The molecule has 0 saturated carbocycles. The number of carbonyl (C=O) groups is 3. The minimum absolute atomic E-state index is 0.102. The maximum Gasteiger partial charge on any atom is 0.289 e. The van der Waals surface area contributed by atoms with Gasteiger partial charge in [0.1, 0.15) is 11.5 Å². The normalized spacial score (nSPS) is 13.7. The lowest BCUT2D eigenvalue weighted by Gasteiger charge is -2.13. The highest BCUT2D eigenvalue weighted by atomic mass is 32.2. The lowest BCUT2D eigenvalue weighted by atomic mass is 10.1. The quantitative estimate of drug-likeness (QED) is 0.668. The van der Waals surface area contributed by atoms with Gasteiger partial charge < -0.3 is 5.32 Å². The number of imide groups is 1. The van der Waals surface area contributed by atoms with E-state index in [2.05, 4.69) is 20.8 Å². The molecule has 9 nitrogen and oxygen atoms in total. The number of aryl methyl sites for hydroxylation is 1. The molecule has 1 aromatic heterocycles. The number of thioether (sulfide) groups is 1. The van der Waals surface area contributed by atoms with Gasteiger partial charge >= 0.3 is 0 Å². The SMILES string of the molecule is Cc1nnnn1-c1cc(NC(=O)c2cccc(CN3C(=O)CSC3=O)c2)ccc1F. The highest BCUT2D eigenvalue weighted by molar-refractivity contribution is 8.14. The van der Waals surface area contributed by atoms with Crippen LogP contribution in [0.1, 0.15) is 21.7 Å². The van der Waals surface area contributed by atoms with Crippen molar-refractivity contribution in [2.75, 3.05) is 11.1 Å². The molecule has 11 heteroatoms. The highest BCUT2D eigenvalue weighted by Gasteiger charge is 2.29. The summed E-state index contributed by atoms with van der Waals surface area (Å²) in [6, 6.07) is 10.7. The second-order valence-corrected chi connectivity index (χ2v) is 7.42. The van der Waals surface area contributed by atoms with E-state index >= 15 is 0 Å². The molecule has 3 amide bonds. The van der Waals surface area contributed by atoms with E-state index in [1.807, 2.05) is 0 Å². The monoisotopic (exact) mass is 426 g/mol. The van der Waals surface area contributed by atoms with Crippen LogP contribution >= 0.6 is 11.8 Å². The fourth-order valence-electron chi connectivity index (χ4n) is 2.94. The van der Waals surface area contributed by atoms with E-state index in [-0.39, 0.29) is 29.1 Å². The van der Waals surface area contributed by atoms with Gasteiger partial charge in [0.05, 0.1) is 12.3 Å². The van der Waals surface area contributed by atoms with Gasteiger partial charge in [0, 0.05) is 11.3 Å². The Bertz CT molecular complexity index is 1150. The van der Waals surface area contributed by atoms with Gasteiger partial charge in [0.15, 0.2) is 5.82 Å². The molecule has 3 aromatic rings. The largest absolute Gasteiger partial charge is 0.322 e. The number of nitrogens with one attached hydrogen (secondary N) is 1. The summed E-state index contributed by atoms with van der Waals surface area (Å²) in [6.45, 7) is 1.73. The van der Waals surface area contributed by atoms with Crippen molar-refractivity contribution in [1.82, 2.24) is 25.1 Å². The second-order valence-electron chi connectivity index (χ2n) is 6.49. The number of anilines is 1. The molecule has 2 aromatic carbocycles. The van der Waals surface area contributed by atoms with Crippen molar-refractivity contribution in [2.24, 2.45) is 0 Å². The molecule has 152 valence electrons. The van der Waals surface area contributed by atoms with Gasteiger partial charge in [-0.3, -0.25) is 19.3 Å². The van der Waals surface area contributed by atoms with E-state index in [0.717, 1.165) is 16.7 Å². The summed E-state index contributed by atoms with van der Waals surface area (Å²) in [5, 5.41) is 13.4. The summed E-state index contributed by atoms with van der Waals surface area (Å²) in [7, 11) is 0. The smallest absolute Gasteiger partial charge is 0.289 e. The molecule has 1 aliphatic heterocycles. The lowest BCUT2D eigenvalue weighted by Crippen LogP contribution is -2.28. The van der Waals surface area contributed by atoms with Gasteiger partial charge in [-0.05, 0) is 53.2 Å². The molecule has 0 bridgehead atoms. The third-order valence-corrected chi connectivity index (χ3v) is 5.29. The van der Waals surface area contributed by atoms with Crippen LogP contribution in [0.4, 0.5) is 14.9 Å². The molecule has 1 saturated heterocycles. The number of carbonyl (C=O) groups excluding carboxylic acids is 3. The number of hydrogen-bond acceptors (Lipinski definition) is 7. The van der Waals surface area contributed by atoms with Crippen LogP contribution in [0.2, 0.25) is 0 Å². The van der Waals surface area contributed by atoms with E-state index in [1.165, 1.54) is 22.9 Å². The Balaban J connectivity index is 1.53. The van der Waals surface area contributed by atoms with Gasteiger partial charge in [-0.15, -0.1) is 5.10 Å². The number of amides is 3. The standard InChI is InChI=1S/C19H15FN6O3S/c1-11-22-23-24-26(11)16-8-14(5-6-15(16)20)21-18(28)13-4-2-3-12(7-13)9-25-17(27)10-30-19(25)29/h2-8H,9-10H2,1H3,(H,21,28). The molecule has 0 atom stereocenters. The first-order chi connectivity index (χ1) is 14.4. The zero-order chi connectivity index (χ0) is 21.3. The van der Waals surface area contributed by atoms with Crippen LogP contribution in [0, 0.1) is 12.7 Å². The molecule has 0 aliphatic carbocycles. The van der Waals surface area contributed by atoms with Crippen molar-refractivity contribution in [3.63, 3.8) is 0 Å². The Morgan fingerprint density at radius 1 is 1.23 bits per heavy atom. The van der Waals surface area contributed by atoms with Crippen LogP contribution in [0.3, 0.4) is 0 Å². The molecule has 4 rings (SSSR count). The maximum atomic E-state index is 14.2. The maximum absolute atomic E-state index is 14.2. The number of rotatable bonds is 5. The molecular weight excluding hydrogens is 411 g/mol. The summed E-state index contributed by atoms with van der Waals surface area (Å²) in [4.78, 5) is 37.4. The third-order valence-electron chi connectivity index (χ3n) is 4.43. The van der Waals surface area contributed by atoms with Gasteiger partial charge in [-0.2, -0.15) is 4.68 Å². The first kappa shape index (κ1) is 19.7. The van der Waals surface area contributed by atoms with Crippen LogP contribution in [0.5, 0.6) is 0 Å². The number of hydrogen-bond donors (Lipinski definition) is 1. The number of aromatic nitrogens is 4. The van der Waals surface area contributed by atoms with Crippen LogP contribution in [0.25, 0.3) is 5.69 Å². The van der Waals surface area contributed by atoms with E-state index in [1.54, 1.807) is 31.2 Å². The first-order valence-electron chi connectivity index (χ1n) is 8.84. The Morgan fingerprint density at radius 3 is 2.77 bits per heavy atom. The molecular formula is C19H15FN6O3S. The van der Waals surface area contributed by atoms with E-state index < -0.39 is 11.7 Å². The molecule has 0 unspecified atom stereocenters. The van der Waals surface area contributed by atoms with Gasteiger partial charge in [0.25, 0.3) is 11.1 Å². The van der Waals surface area contributed by atoms with Crippen molar-refractivity contribution < 1.29 is 18.8 Å². The Kier molecular flexibility index (Phi) is 5.27. The molecule has 2 heterocycles. The molecule has 30 heavy (non-hydrogen) atoms. The molecule has 0 radical (unpaired) electrons. The fourth-order valence-corrected chi connectivity index (χ4v) is 3.66. The van der Waals surface area contributed by atoms with E-state index in [0.29, 0.717) is 22.6 Å². The first-order valence-corrected chi connectivity index (χ1v) is 9.83. The highest BCUT2D eigenvalue weighted by Crippen LogP contribution is 2.22. The summed E-state index contributed by atoms with van der Waals surface area (Å²) in [5.41, 5.74) is 1.45. The number of halogens is 1. The predicted octanol–water partition coefficient (Wildman–Crippen LogP) is 2.56. The number of benzene rings is 2. The molecule has 1 fully saturated rings. The van der Waals surface area contributed by atoms with Crippen molar-refractivity contribution in [2.45, 2.75) is 13.5 Å². The zero-order valence-corrected chi connectivity index (χ0v) is 16.5. The Labute approximate surface area is 174 Å². The lowest BCUT2D eigenvalue weighted by molar-refractivity contribution is -0.125.